The van der Waals surface area contributed by atoms with Crippen LogP contribution in [-0.4, -0.2) is 34.9 Å². The summed E-state index contributed by atoms with van der Waals surface area (Å²) in [6, 6.07) is 1.68. The van der Waals surface area contributed by atoms with Crippen molar-refractivity contribution in [2.45, 2.75) is 19.4 Å². The number of aromatic nitrogens is 3. The average Bonchev–Trinajstić information content (AvgIpc) is 2.96. The molecule has 1 atom stereocenters. The van der Waals surface area contributed by atoms with Crippen LogP contribution in [0.5, 0.6) is 0 Å². The molecule has 21 heavy (non-hydrogen) atoms. The number of hydrogen-bond donors (Lipinski definition) is 0. The number of aryl methyl sites for hydroxylation is 1. The monoisotopic (exact) mass is 328 g/mol. The van der Waals surface area contributed by atoms with Gasteiger partial charge in [-0.15, -0.1) is 10.2 Å². The summed E-state index contributed by atoms with van der Waals surface area (Å²) in [6.45, 7) is 3.75. The molecule has 1 saturated heterocycles. The molecule has 3 rings (SSSR count). The van der Waals surface area contributed by atoms with Gasteiger partial charge in [0.2, 0.25) is 11.8 Å². The van der Waals surface area contributed by atoms with Crippen molar-refractivity contribution in [2.75, 3.05) is 24.6 Å². The highest BCUT2D eigenvalue weighted by atomic mass is 35.5. The van der Waals surface area contributed by atoms with Crippen LogP contribution in [0.4, 0.5) is 5.82 Å². The van der Waals surface area contributed by atoms with E-state index in [2.05, 4.69) is 15.2 Å². The number of ether oxygens (including phenoxy) is 1. The molecular weight excluding hydrogens is 315 g/mol. The predicted octanol–water partition coefficient (Wildman–Crippen LogP) is 2.91. The van der Waals surface area contributed by atoms with E-state index >= 15 is 0 Å². The van der Waals surface area contributed by atoms with Crippen LogP contribution in [0.25, 0.3) is 0 Å². The lowest BCUT2D eigenvalue weighted by molar-refractivity contribution is 0.0213. The minimum atomic E-state index is -0.278. The molecule has 2 aromatic rings. The largest absolute Gasteiger partial charge is 0.422 e. The Labute approximate surface area is 132 Å². The Morgan fingerprint density at radius 1 is 1.38 bits per heavy atom. The lowest BCUT2D eigenvalue weighted by Crippen LogP contribution is -2.39. The number of hydrogen-bond acceptors (Lipinski definition) is 6. The van der Waals surface area contributed by atoms with Gasteiger partial charge in [0.15, 0.2) is 6.10 Å². The first-order valence-corrected chi connectivity index (χ1v) is 7.43. The van der Waals surface area contributed by atoms with E-state index in [0.717, 1.165) is 0 Å². The SMILES string of the molecule is CCc1nnc(C2CN(c3ncc(Cl)cc3Cl)CCO2)o1. The molecule has 0 aromatic carbocycles. The zero-order valence-corrected chi connectivity index (χ0v) is 12.9. The highest BCUT2D eigenvalue weighted by Gasteiger charge is 2.28. The number of halogens is 2. The Kier molecular flexibility index (Phi) is 4.28. The highest BCUT2D eigenvalue weighted by molar-refractivity contribution is 6.36. The van der Waals surface area contributed by atoms with Gasteiger partial charge in [0.05, 0.1) is 23.2 Å². The summed E-state index contributed by atoms with van der Waals surface area (Å²) in [5.74, 6) is 1.78. The summed E-state index contributed by atoms with van der Waals surface area (Å²) in [4.78, 5) is 6.32. The molecule has 0 aliphatic carbocycles. The number of anilines is 1. The quantitative estimate of drug-likeness (QED) is 0.863. The second-order valence-electron chi connectivity index (χ2n) is 4.65. The van der Waals surface area contributed by atoms with E-state index in [1.54, 1.807) is 12.3 Å². The minimum absolute atomic E-state index is 0.278. The van der Waals surface area contributed by atoms with E-state index in [9.17, 15) is 0 Å². The van der Waals surface area contributed by atoms with Gasteiger partial charge in [-0.1, -0.05) is 30.1 Å². The summed E-state index contributed by atoms with van der Waals surface area (Å²) in [5, 5.41) is 9.02. The number of nitrogens with zero attached hydrogens (tertiary/aromatic N) is 4. The van der Waals surface area contributed by atoms with Crippen LogP contribution in [0.3, 0.4) is 0 Å². The van der Waals surface area contributed by atoms with E-state index in [-0.39, 0.29) is 6.10 Å². The van der Waals surface area contributed by atoms with Crippen molar-refractivity contribution < 1.29 is 9.15 Å². The van der Waals surface area contributed by atoms with Gasteiger partial charge in [-0.2, -0.15) is 0 Å². The molecule has 0 bridgehead atoms. The molecule has 3 heterocycles. The van der Waals surface area contributed by atoms with E-state index in [4.69, 9.17) is 32.4 Å². The Morgan fingerprint density at radius 2 is 2.24 bits per heavy atom. The molecule has 0 radical (unpaired) electrons. The van der Waals surface area contributed by atoms with Crippen LogP contribution in [0, 0.1) is 0 Å². The van der Waals surface area contributed by atoms with Crippen molar-refractivity contribution in [2.24, 2.45) is 0 Å². The molecule has 0 amide bonds. The van der Waals surface area contributed by atoms with Gasteiger partial charge in [-0.05, 0) is 6.07 Å². The molecule has 8 heteroatoms. The van der Waals surface area contributed by atoms with E-state index in [1.807, 2.05) is 11.8 Å². The second kappa shape index (κ2) is 6.17. The van der Waals surface area contributed by atoms with E-state index < -0.39 is 0 Å². The first-order chi connectivity index (χ1) is 10.2. The fourth-order valence-electron chi connectivity index (χ4n) is 2.17. The maximum absolute atomic E-state index is 6.20. The van der Waals surface area contributed by atoms with Crippen molar-refractivity contribution >= 4 is 29.0 Å². The number of morpholine rings is 1. The molecule has 1 unspecified atom stereocenters. The van der Waals surface area contributed by atoms with Gasteiger partial charge in [0, 0.05) is 19.2 Å². The summed E-state index contributed by atoms with van der Waals surface area (Å²) >= 11 is 12.1. The van der Waals surface area contributed by atoms with Gasteiger partial charge < -0.3 is 14.1 Å². The molecule has 112 valence electrons. The van der Waals surface area contributed by atoms with Gasteiger partial charge in [0.25, 0.3) is 0 Å². The van der Waals surface area contributed by atoms with Crippen LogP contribution in [0.2, 0.25) is 10.0 Å². The van der Waals surface area contributed by atoms with Crippen molar-refractivity contribution in [1.29, 1.82) is 0 Å². The van der Waals surface area contributed by atoms with E-state index in [1.165, 1.54) is 0 Å². The third-order valence-electron chi connectivity index (χ3n) is 3.21. The highest BCUT2D eigenvalue weighted by Crippen LogP contribution is 2.30. The van der Waals surface area contributed by atoms with Gasteiger partial charge in [0.1, 0.15) is 5.82 Å². The molecular formula is C13H14Cl2N4O2. The lowest BCUT2D eigenvalue weighted by Gasteiger charge is -2.32. The van der Waals surface area contributed by atoms with Crippen LogP contribution in [-0.2, 0) is 11.2 Å². The Morgan fingerprint density at radius 3 is 2.95 bits per heavy atom. The molecule has 6 nitrogen and oxygen atoms in total. The van der Waals surface area contributed by atoms with Gasteiger partial charge in [-0.25, -0.2) is 4.98 Å². The zero-order valence-electron chi connectivity index (χ0n) is 11.4. The van der Waals surface area contributed by atoms with E-state index in [0.29, 0.717) is 53.8 Å². The molecule has 1 aliphatic rings. The Balaban J connectivity index is 1.79. The van der Waals surface area contributed by atoms with Crippen LogP contribution in [0.1, 0.15) is 24.8 Å². The van der Waals surface area contributed by atoms with Crippen molar-refractivity contribution in [3.05, 3.63) is 34.1 Å². The molecule has 1 aliphatic heterocycles. The maximum Gasteiger partial charge on any atom is 0.247 e. The minimum Gasteiger partial charge on any atom is -0.422 e. The zero-order chi connectivity index (χ0) is 14.8. The fourth-order valence-corrected chi connectivity index (χ4v) is 2.67. The molecule has 0 spiro atoms. The lowest BCUT2D eigenvalue weighted by atomic mass is 10.2. The maximum atomic E-state index is 6.20. The third kappa shape index (κ3) is 3.12. The summed E-state index contributed by atoms with van der Waals surface area (Å²) in [6.07, 6.45) is 2.00. The molecule has 2 aromatic heterocycles. The van der Waals surface area contributed by atoms with Crippen LogP contribution >= 0.6 is 23.2 Å². The topological polar surface area (TPSA) is 64.3 Å². The predicted molar refractivity (Wildman–Crippen MR) is 78.8 cm³/mol. The number of rotatable bonds is 3. The van der Waals surface area contributed by atoms with Crippen LogP contribution in [0.15, 0.2) is 16.7 Å². The van der Waals surface area contributed by atoms with Gasteiger partial charge >= 0.3 is 0 Å². The summed E-state index contributed by atoms with van der Waals surface area (Å²) in [5.41, 5.74) is 0. The summed E-state index contributed by atoms with van der Waals surface area (Å²) < 4.78 is 11.3. The first kappa shape index (κ1) is 14.6. The van der Waals surface area contributed by atoms with Crippen molar-refractivity contribution in [1.82, 2.24) is 15.2 Å². The third-order valence-corrected chi connectivity index (χ3v) is 3.70. The standard InChI is InChI=1S/C13H14Cl2N4O2/c1-2-11-17-18-13(21-11)10-7-19(3-4-20-10)12-9(15)5-8(14)6-16-12/h5-6,10H,2-4,7H2,1H3. The van der Waals surface area contributed by atoms with Gasteiger partial charge in [-0.3, -0.25) is 0 Å². The fraction of sp³-hybridized carbons (Fsp3) is 0.462. The average molecular weight is 329 g/mol. The molecule has 1 fully saturated rings. The number of pyridine rings is 1. The summed E-state index contributed by atoms with van der Waals surface area (Å²) in [7, 11) is 0. The first-order valence-electron chi connectivity index (χ1n) is 6.67. The normalized spacial score (nSPS) is 19.0. The molecule has 0 saturated carbocycles. The van der Waals surface area contributed by atoms with Crippen molar-refractivity contribution in [3.63, 3.8) is 0 Å². The van der Waals surface area contributed by atoms with Crippen molar-refractivity contribution in [3.8, 4) is 0 Å². The Hall–Kier alpha value is -1.37. The second-order valence-corrected chi connectivity index (χ2v) is 5.50. The smallest absolute Gasteiger partial charge is 0.247 e. The Bertz CT molecular complexity index is 634. The molecule has 0 N–H and O–H groups in total. The van der Waals surface area contributed by atoms with Crippen LogP contribution < -0.4 is 4.90 Å².